The summed E-state index contributed by atoms with van der Waals surface area (Å²) in [6.45, 7) is 5.85. The van der Waals surface area contributed by atoms with Gasteiger partial charge in [0, 0.05) is 11.1 Å². The van der Waals surface area contributed by atoms with Crippen LogP contribution in [0.3, 0.4) is 0 Å². The van der Waals surface area contributed by atoms with Gasteiger partial charge in [-0.3, -0.25) is 0 Å². The van der Waals surface area contributed by atoms with Crippen LogP contribution in [0.15, 0.2) is 6.07 Å². The number of phenols is 1. The molecule has 0 amide bonds. The van der Waals surface area contributed by atoms with Crippen molar-refractivity contribution >= 4 is 11.6 Å². The summed E-state index contributed by atoms with van der Waals surface area (Å²) < 4.78 is 0. The summed E-state index contributed by atoms with van der Waals surface area (Å²) in [5, 5.41) is 10.6. The lowest BCUT2D eigenvalue weighted by Crippen LogP contribution is -2.22. The number of hydrogen-bond donors (Lipinski definition) is 2. The van der Waals surface area contributed by atoms with Crippen molar-refractivity contribution in [3.8, 4) is 5.75 Å². The molecule has 0 aliphatic rings. The highest BCUT2D eigenvalue weighted by atomic mass is 35.5. The zero-order valence-corrected chi connectivity index (χ0v) is 10.2. The van der Waals surface area contributed by atoms with Crippen molar-refractivity contribution in [3.05, 3.63) is 27.8 Å². The number of nitrogens with two attached hydrogens (primary N) is 1. The molecule has 84 valence electrons. The number of aromatic hydroxyl groups is 1. The number of phenolic OH excluding ortho intramolecular Hbond substituents is 1. The molecule has 3 N–H and O–H groups in total. The van der Waals surface area contributed by atoms with Gasteiger partial charge in [0.05, 0.1) is 0 Å². The van der Waals surface area contributed by atoms with Crippen LogP contribution in [0.5, 0.6) is 5.75 Å². The Labute approximate surface area is 96.1 Å². The van der Waals surface area contributed by atoms with Gasteiger partial charge in [-0.1, -0.05) is 18.5 Å². The number of halogens is 1. The van der Waals surface area contributed by atoms with Crippen molar-refractivity contribution in [2.24, 2.45) is 5.73 Å². The van der Waals surface area contributed by atoms with Gasteiger partial charge in [-0.05, 0) is 49.4 Å². The van der Waals surface area contributed by atoms with E-state index in [1.807, 2.05) is 20.8 Å². The molecule has 0 saturated heterocycles. The van der Waals surface area contributed by atoms with Crippen LogP contribution in [0.2, 0.25) is 5.02 Å². The molecule has 0 heterocycles. The van der Waals surface area contributed by atoms with Gasteiger partial charge in [0.15, 0.2) is 0 Å². The standard InChI is InChI=1S/C12H18ClNO/c1-4-9(14)6-10-8(3)12(13)7(2)5-11(10)15/h5,9,15H,4,6,14H2,1-3H3. The molecular formula is C12H18ClNO. The van der Waals surface area contributed by atoms with E-state index in [0.29, 0.717) is 12.2 Å². The number of aryl methyl sites for hydroxylation is 1. The first-order valence-corrected chi connectivity index (χ1v) is 5.58. The predicted octanol–water partition coefficient (Wildman–Crippen LogP) is 2.94. The summed E-state index contributed by atoms with van der Waals surface area (Å²) in [7, 11) is 0. The van der Waals surface area contributed by atoms with Crippen LogP contribution >= 0.6 is 11.6 Å². The fourth-order valence-electron chi connectivity index (χ4n) is 1.64. The van der Waals surface area contributed by atoms with E-state index in [0.717, 1.165) is 28.1 Å². The maximum atomic E-state index is 9.83. The van der Waals surface area contributed by atoms with Crippen molar-refractivity contribution in [1.82, 2.24) is 0 Å². The largest absolute Gasteiger partial charge is 0.508 e. The highest BCUT2D eigenvalue weighted by molar-refractivity contribution is 6.32. The molecule has 0 radical (unpaired) electrons. The first-order valence-electron chi connectivity index (χ1n) is 5.20. The van der Waals surface area contributed by atoms with Crippen molar-refractivity contribution in [1.29, 1.82) is 0 Å². The van der Waals surface area contributed by atoms with Crippen LogP contribution in [0, 0.1) is 13.8 Å². The van der Waals surface area contributed by atoms with Gasteiger partial charge >= 0.3 is 0 Å². The van der Waals surface area contributed by atoms with E-state index >= 15 is 0 Å². The molecule has 0 saturated carbocycles. The Morgan fingerprint density at radius 1 is 1.47 bits per heavy atom. The SMILES string of the molecule is CCC(N)Cc1c(O)cc(C)c(Cl)c1C. The van der Waals surface area contributed by atoms with Gasteiger partial charge < -0.3 is 10.8 Å². The van der Waals surface area contributed by atoms with Gasteiger partial charge in [0.25, 0.3) is 0 Å². The highest BCUT2D eigenvalue weighted by Gasteiger charge is 2.13. The lowest BCUT2D eigenvalue weighted by molar-refractivity contribution is 0.462. The molecule has 0 bridgehead atoms. The molecule has 15 heavy (non-hydrogen) atoms. The fraction of sp³-hybridized carbons (Fsp3) is 0.500. The molecule has 0 aromatic heterocycles. The zero-order valence-electron chi connectivity index (χ0n) is 9.47. The quantitative estimate of drug-likeness (QED) is 0.834. The normalized spacial score (nSPS) is 12.9. The minimum atomic E-state index is 0.0772. The Hall–Kier alpha value is -0.730. The molecule has 1 aromatic carbocycles. The van der Waals surface area contributed by atoms with Crippen molar-refractivity contribution < 1.29 is 5.11 Å². The second-order valence-electron chi connectivity index (χ2n) is 4.00. The lowest BCUT2D eigenvalue weighted by Gasteiger charge is -2.15. The van der Waals surface area contributed by atoms with E-state index in [-0.39, 0.29) is 6.04 Å². The van der Waals surface area contributed by atoms with E-state index in [1.165, 1.54) is 0 Å². The van der Waals surface area contributed by atoms with Gasteiger partial charge in [0.1, 0.15) is 5.75 Å². The average Bonchev–Trinajstić information content (AvgIpc) is 2.21. The monoisotopic (exact) mass is 227 g/mol. The van der Waals surface area contributed by atoms with E-state index < -0.39 is 0 Å². The van der Waals surface area contributed by atoms with Crippen LogP contribution in [-0.2, 0) is 6.42 Å². The van der Waals surface area contributed by atoms with Crippen LogP contribution in [0.4, 0.5) is 0 Å². The van der Waals surface area contributed by atoms with Gasteiger partial charge in [-0.25, -0.2) is 0 Å². The lowest BCUT2D eigenvalue weighted by atomic mass is 9.97. The number of hydrogen-bond acceptors (Lipinski definition) is 2. The average molecular weight is 228 g/mol. The Morgan fingerprint density at radius 3 is 2.60 bits per heavy atom. The second-order valence-corrected chi connectivity index (χ2v) is 4.38. The topological polar surface area (TPSA) is 46.2 Å². The summed E-state index contributed by atoms with van der Waals surface area (Å²) in [5.41, 5.74) is 8.60. The smallest absolute Gasteiger partial charge is 0.119 e. The Balaban J connectivity index is 3.12. The maximum absolute atomic E-state index is 9.83. The third kappa shape index (κ3) is 2.64. The van der Waals surface area contributed by atoms with E-state index in [2.05, 4.69) is 0 Å². The first-order chi connectivity index (χ1) is 6.97. The van der Waals surface area contributed by atoms with Gasteiger partial charge in [-0.15, -0.1) is 0 Å². The summed E-state index contributed by atoms with van der Waals surface area (Å²) in [4.78, 5) is 0. The fourth-order valence-corrected chi connectivity index (χ4v) is 1.81. The summed E-state index contributed by atoms with van der Waals surface area (Å²) >= 11 is 6.13. The third-order valence-corrected chi connectivity index (χ3v) is 3.36. The van der Waals surface area contributed by atoms with Crippen LogP contribution < -0.4 is 5.73 Å². The van der Waals surface area contributed by atoms with E-state index in [9.17, 15) is 5.11 Å². The highest BCUT2D eigenvalue weighted by Crippen LogP contribution is 2.31. The molecule has 1 unspecified atom stereocenters. The molecule has 1 rings (SSSR count). The zero-order chi connectivity index (χ0) is 11.6. The summed E-state index contributed by atoms with van der Waals surface area (Å²) in [6, 6.07) is 1.78. The van der Waals surface area contributed by atoms with Crippen molar-refractivity contribution in [3.63, 3.8) is 0 Å². The third-order valence-electron chi connectivity index (χ3n) is 2.78. The number of rotatable bonds is 3. The van der Waals surface area contributed by atoms with Crippen LogP contribution in [0.1, 0.15) is 30.0 Å². The molecule has 0 fully saturated rings. The van der Waals surface area contributed by atoms with Crippen LogP contribution in [0.25, 0.3) is 0 Å². The minimum absolute atomic E-state index is 0.0772. The molecule has 0 spiro atoms. The molecule has 0 aliphatic carbocycles. The Morgan fingerprint density at radius 2 is 2.07 bits per heavy atom. The van der Waals surface area contributed by atoms with E-state index in [1.54, 1.807) is 6.07 Å². The molecule has 2 nitrogen and oxygen atoms in total. The minimum Gasteiger partial charge on any atom is -0.508 e. The molecule has 3 heteroatoms. The summed E-state index contributed by atoms with van der Waals surface area (Å²) in [6.07, 6.45) is 1.57. The molecule has 0 aliphatic heterocycles. The predicted molar refractivity (Wildman–Crippen MR) is 64.6 cm³/mol. The van der Waals surface area contributed by atoms with Gasteiger partial charge in [-0.2, -0.15) is 0 Å². The Kier molecular flexibility index (Phi) is 4.00. The van der Waals surface area contributed by atoms with Crippen molar-refractivity contribution in [2.75, 3.05) is 0 Å². The van der Waals surface area contributed by atoms with Gasteiger partial charge in [0.2, 0.25) is 0 Å². The Bertz CT molecular complexity index is 363. The molecule has 1 aromatic rings. The number of benzene rings is 1. The van der Waals surface area contributed by atoms with Crippen molar-refractivity contribution in [2.45, 2.75) is 39.7 Å². The molecule has 1 atom stereocenters. The van der Waals surface area contributed by atoms with E-state index in [4.69, 9.17) is 17.3 Å². The maximum Gasteiger partial charge on any atom is 0.119 e. The van der Waals surface area contributed by atoms with Crippen LogP contribution in [-0.4, -0.2) is 11.1 Å². The first kappa shape index (κ1) is 12.3. The summed E-state index contributed by atoms with van der Waals surface area (Å²) in [5.74, 6) is 0.304. The second kappa shape index (κ2) is 4.86. The molecular weight excluding hydrogens is 210 g/mol.